The lowest BCUT2D eigenvalue weighted by molar-refractivity contribution is -0.132. The number of carboxylic acids is 1. The Morgan fingerprint density at radius 2 is 1.87 bits per heavy atom. The quantitative estimate of drug-likeness (QED) is 0.250. The van der Waals surface area contributed by atoms with Gasteiger partial charge >= 0.3 is 5.97 Å². The number of aliphatic carboxylic acids is 1. The molecule has 0 aliphatic rings. The summed E-state index contributed by atoms with van der Waals surface area (Å²) in [5, 5.41) is 14.4. The predicted octanol–water partition coefficient (Wildman–Crippen LogP) is 8.07. The van der Waals surface area contributed by atoms with Gasteiger partial charge in [-0.1, -0.05) is 50.0 Å². The number of carboxylic acid groups (broad SMARTS) is 1. The van der Waals surface area contributed by atoms with Crippen molar-refractivity contribution in [2.45, 2.75) is 47.1 Å². The van der Waals surface area contributed by atoms with Crippen molar-refractivity contribution < 1.29 is 24.2 Å². The lowest BCUT2D eigenvalue weighted by atomic mass is 9.90. The number of carbonyl (C=O) groups is 2. The Hall–Kier alpha value is -3.07. The van der Waals surface area contributed by atoms with Crippen LogP contribution in [-0.2, 0) is 4.79 Å². The van der Waals surface area contributed by atoms with Gasteiger partial charge in [0, 0.05) is 27.6 Å². The number of anilines is 1. The van der Waals surface area contributed by atoms with Gasteiger partial charge in [0.1, 0.15) is 0 Å². The number of methoxy groups -OCH3 is 1. The summed E-state index contributed by atoms with van der Waals surface area (Å²) in [4.78, 5) is 28.6. The normalized spacial score (nSPS) is 12.7. The van der Waals surface area contributed by atoms with Crippen molar-refractivity contribution >= 4 is 57.6 Å². The molecule has 2 aromatic carbocycles. The number of hydrogen-bond acceptors (Lipinski definition) is 6. The zero-order valence-corrected chi connectivity index (χ0v) is 24.3. The topological polar surface area (TPSA) is 97.8 Å². The molecule has 0 radical (unpaired) electrons. The maximum Gasteiger partial charge on any atom is 0.331 e. The molecule has 0 spiro atoms. The number of benzene rings is 2. The van der Waals surface area contributed by atoms with Gasteiger partial charge in [0.2, 0.25) is 0 Å². The Kier molecular flexibility index (Phi) is 9.46. The number of halogens is 2. The van der Waals surface area contributed by atoms with Gasteiger partial charge in [-0.2, -0.15) is 0 Å². The molecule has 1 amide bonds. The molecule has 0 unspecified atom stereocenters. The van der Waals surface area contributed by atoms with Crippen molar-refractivity contribution in [2.24, 2.45) is 5.41 Å². The number of nitrogens with one attached hydrogen (secondary N) is 1. The molecule has 3 aromatic rings. The zero-order chi connectivity index (χ0) is 28.2. The van der Waals surface area contributed by atoms with Crippen LogP contribution in [0.4, 0.5) is 5.13 Å². The predicted molar refractivity (Wildman–Crippen MR) is 154 cm³/mol. The first-order valence-electron chi connectivity index (χ1n) is 11.8. The molecule has 1 heterocycles. The molecule has 10 heteroatoms. The largest absolute Gasteiger partial charge is 0.492 e. The Morgan fingerprint density at radius 1 is 1.21 bits per heavy atom. The van der Waals surface area contributed by atoms with Crippen LogP contribution in [0.1, 0.15) is 57.0 Å². The van der Waals surface area contributed by atoms with Crippen LogP contribution in [0.2, 0.25) is 10.0 Å². The molecule has 0 bridgehead atoms. The molecule has 7 nitrogen and oxygen atoms in total. The fraction of sp³-hybridized carbons (Fsp3) is 0.321. The molecule has 0 aliphatic carbocycles. The zero-order valence-electron chi connectivity index (χ0n) is 22.0. The minimum Gasteiger partial charge on any atom is -0.492 e. The van der Waals surface area contributed by atoms with Crippen molar-refractivity contribution in [1.29, 1.82) is 0 Å². The third kappa shape index (κ3) is 7.49. The Morgan fingerprint density at radius 3 is 2.45 bits per heavy atom. The second kappa shape index (κ2) is 12.2. The van der Waals surface area contributed by atoms with Gasteiger partial charge in [0.25, 0.3) is 5.91 Å². The van der Waals surface area contributed by atoms with Gasteiger partial charge in [-0.05, 0) is 56.0 Å². The standard InChI is InChI=1S/C28H30Cl2N2O5S/c1-15(26(34)35)10-19-20(29)11-17(12-21(19)30)25(33)32-27-31-22(14-38-27)18-8-7-9-23(24(18)36-6)37-16(2)13-28(3,4)5/h7-12,14,16H,13H2,1-6H3,(H,34,35)(H,31,32,33)/b15-10+/t16-/m0/s1. The van der Waals surface area contributed by atoms with Crippen molar-refractivity contribution in [2.75, 3.05) is 12.4 Å². The molecular weight excluding hydrogens is 547 g/mol. The van der Waals surface area contributed by atoms with Crippen LogP contribution < -0.4 is 14.8 Å². The number of aromatic nitrogens is 1. The number of nitrogens with zero attached hydrogens (tertiary/aromatic N) is 1. The van der Waals surface area contributed by atoms with Crippen molar-refractivity contribution in [3.05, 3.63) is 62.5 Å². The van der Waals surface area contributed by atoms with Gasteiger partial charge < -0.3 is 14.6 Å². The Balaban J connectivity index is 1.82. The molecular formula is C28H30Cl2N2O5S. The Labute approximate surface area is 236 Å². The van der Waals surface area contributed by atoms with Crippen LogP contribution in [0, 0.1) is 5.41 Å². The van der Waals surface area contributed by atoms with Crippen LogP contribution in [-0.4, -0.2) is 35.2 Å². The molecule has 0 saturated carbocycles. The highest BCUT2D eigenvalue weighted by Gasteiger charge is 2.21. The first kappa shape index (κ1) is 29.5. The molecule has 0 aliphatic heterocycles. The fourth-order valence-electron chi connectivity index (χ4n) is 3.90. The third-order valence-corrected chi connectivity index (χ3v) is 6.83. The average Bonchev–Trinajstić information content (AvgIpc) is 3.27. The SMILES string of the molecule is COc1c(O[C@@H](C)CC(C)(C)C)cccc1-c1csc(NC(=O)c2cc(Cl)c(/C=C(\C)C(=O)O)c(Cl)c2)n1. The van der Waals surface area contributed by atoms with E-state index in [1.165, 1.54) is 36.5 Å². The summed E-state index contributed by atoms with van der Waals surface area (Å²) in [7, 11) is 1.58. The van der Waals surface area contributed by atoms with E-state index in [4.69, 9.17) is 37.8 Å². The molecule has 2 N–H and O–H groups in total. The van der Waals surface area contributed by atoms with Crippen LogP contribution >= 0.6 is 34.5 Å². The van der Waals surface area contributed by atoms with Crippen molar-refractivity contribution in [1.82, 2.24) is 4.98 Å². The number of hydrogen-bond donors (Lipinski definition) is 2. The van der Waals surface area contributed by atoms with Crippen LogP contribution in [0.5, 0.6) is 11.5 Å². The average molecular weight is 578 g/mol. The van der Waals surface area contributed by atoms with E-state index in [0.717, 1.165) is 12.0 Å². The van der Waals surface area contributed by atoms with Gasteiger partial charge in [0.05, 0.1) is 29.0 Å². The van der Waals surface area contributed by atoms with Gasteiger partial charge in [0.15, 0.2) is 16.6 Å². The van der Waals surface area contributed by atoms with E-state index < -0.39 is 11.9 Å². The van der Waals surface area contributed by atoms with Crippen LogP contribution in [0.15, 0.2) is 41.3 Å². The highest BCUT2D eigenvalue weighted by Crippen LogP contribution is 2.40. The van der Waals surface area contributed by atoms with Crippen molar-refractivity contribution in [3.63, 3.8) is 0 Å². The number of thiazole rings is 1. The second-order valence-electron chi connectivity index (χ2n) is 10.0. The first-order valence-corrected chi connectivity index (χ1v) is 13.4. The summed E-state index contributed by atoms with van der Waals surface area (Å²) in [6, 6.07) is 8.48. The summed E-state index contributed by atoms with van der Waals surface area (Å²) in [5.41, 5.74) is 2.08. The molecule has 202 valence electrons. The smallest absolute Gasteiger partial charge is 0.331 e. The number of para-hydroxylation sites is 1. The number of amides is 1. The summed E-state index contributed by atoms with van der Waals surface area (Å²) >= 11 is 13.8. The van der Waals surface area contributed by atoms with Gasteiger partial charge in [-0.25, -0.2) is 9.78 Å². The number of rotatable bonds is 9. The fourth-order valence-corrected chi connectivity index (χ4v) is 5.20. The lowest BCUT2D eigenvalue weighted by Crippen LogP contribution is -2.20. The first-order chi connectivity index (χ1) is 17.8. The summed E-state index contributed by atoms with van der Waals surface area (Å²) < 4.78 is 11.9. The van der Waals surface area contributed by atoms with Gasteiger partial charge in [-0.3, -0.25) is 10.1 Å². The minimum atomic E-state index is -1.09. The van der Waals surface area contributed by atoms with Crippen LogP contribution in [0.3, 0.4) is 0 Å². The minimum absolute atomic E-state index is 0.0157. The summed E-state index contributed by atoms with van der Waals surface area (Å²) in [6.45, 7) is 9.96. The summed E-state index contributed by atoms with van der Waals surface area (Å²) in [5.74, 6) is -0.362. The maximum atomic E-state index is 12.9. The number of carbonyl (C=O) groups excluding carboxylic acids is 1. The molecule has 38 heavy (non-hydrogen) atoms. The van der Waals surface area contributed by atoms with Crippen LogP contribution in [0.25, 0.3) is 17.3 Å². The van der Waals surface area contributed by atoms with Gasteiger partial charge in [-0.15, -0.1) is 11.3 Å². The van der Waals surface area contributed by atoms with E-state index in [2.05, 4.69) is 31.1 Å². The Bertz CT molecular complexity index is 1350. The molecule has 1 aromatic heterocycles. The molecule has 0 fully saturated rings. The van der Waals surface area contributed by atoms with E-state index in [9.17, 15) is 9.59 Å². The molecule has 1 atom stereocenters. The van der Waals surface area contributed by atoms with E-state index >= 15 is 0 Å². The van der Waals surface area contributed by atoms with E-state index in [-0.39, 0.29) is 32.7 Å². The highest BCUT2D eigenvalue weighted by atomic mass is 35.5. The monoisotopic (exact) mass is 576 g/mol. The molecule has 3 rings (SSSR count). The number of ether oxygens (including phenoxy) is 2. The molecule has 0 saturated heterocycles. The van der Waals surface area contributed by atoms with Crippen molar-refractivity contribution in [3.8, 4) is 22.8 Å². The maximum absolute atomic E-state index is 12.9. The second-order valence-corrected chi connectivity index (χ2v) is 11.7. The van der Waals surface area contributed by atoms with E-state index in [1.54, 1.807) is 7.11 Å². The lowest BCUT2D eigenvalue weighted by Gasteiger charge is -2.25. The van der Waals surface area contributed by atoms with E-state index in [0.29, 0.717) is 27.9 Å². The summed E-state index contributed by atoms with van der Waals surface area (Å²) in [6.07, 6.45) is 2.22. The van der Waals surface area contributed by atoms with E-state index in [1.807, 2.05) is 30.5 Å². The third-order valence-electron chi connectivity index (χ3n) is 5.45. The highest BCUT2D eigenvalue weighted by molar-refractivity contribution is 7.14.